The summed E-state index contributed by atoms with van der Waals surface area (Å²) in [5.41, 5.74) is 14.0. The molecule has 0 amide bonds. The van der Waals surface area contributed by atoms with E-state index in [4.69, 9.17) is 10.2 Å². The van der Waals surface area contributed by atoms with E-state index in [0.29, 0.717) is 0 Å². The van der Waals surface area contributed by atoms with Crippen molar-refractivity contribution in [2.75, 3.05) is 4.81 Å². The van der Waals surface area contributed by atoms with Crippen molar-refractivity contribution < 1.29 is 0 Å². The van der Waals surface area contributed by atoms with E-state index in [1.54, 1.807) is 0 Å². The van der Waals surface area contributed by atoms with Crippen LogP contribution in [0.3, 0.4) is 0 Å². The van der Waals surface area contributed by atoms with Gasteiger partial charge in [0.1, 0.15) is 0 Å². The highest BCUT2D eigenvalue weighted by atomic mass is 15.3. The minimum Gasteiger partial charge on any atom is -0.383 e. The lowest BCUT2D eigenvalue weighted by atomic mass is 9.52. The maximum atomic E-state index is 5.08. The Kier molecular flexibility index (Phi) is 6.93. The molecule has 0 fully saturated rings. The molecular formula is C46H46BN5. The van der Waals surface area contributed by atoms with Crippen LogP contribution in [-0.2, 0) is 21.7 Å². The molecule has 0 saturated heterocycles. The second kappa shape index (κ2) is 11.1. The molecule has 5 heterocycles. The molecule has 0 aliphatic carbocycles. The van der Waals surface area contributed by atoms with Gasteiger partial charge in [0.25, 0.3) is 0 Å². The van der Waals surface area contributed by atoms with Crippen molar-refractivity contribution in [1.29, 1.82) is 0 Å². The van der Waals surface area contributed by atoms with Crippen molar-refractivity contribution in [3.8, 4) is 33.6 Å². The molecule has 3 aliphatic heterocycles. The van der Waals surface area contributed by atoms with Gasteiger partial charge in [-0.25, -0.2) is 9.36 Å². The first-order valence-electron chi connectivity index (χ1n) is 18.5. The third kappa shape index (κ3) is 4.36. The minimum absolute atomic E-state index is 0.00372. The van der Waals surface area contributed by atoms with Crippen LogP contribution in [0, 0.1) is 0 Å². The van der Waals surface area contributed by atoms with Crippen LogP contribution < -0.4 is 10.3 Å². The number of nitrogens with zero attached hydrogens (tertiary/aromatic N) is 5. The van der Waals surface area contributed by atoms with Gasteiger partial charge in [0.2, 0.25) is 0 Å². The van der Waals surface area contributed by atoms with Gasteiger partial charge in [-0.15, -0.1) is 0 Å². The smallest absolute Gasteiger partial charge is 0.320 e. The molecule has 0 spiro atoms. The van der Waals surface area contributed by atoms with Crippen LogP contribution in [0.2, 0.25) is 0 Å². The second-order valence-corrected chi connectivity index (χ2v) is 16.9. The molecule has 0 bridgehead atoms. The van der Waals surface area contributed by atoms with Crippen molar-refractivity contribution in [2.45, 2.75) is 77.0 Å². The number of rotatable bonds is 4. The fraction of sp³-hybridized carbons (Fsp3) is 0.261. The Labute approximate surface area is 308 Å². The van der Waals surface area contributed by atoms with Crippen LogP contribution in [0.5, 0.6) is 0 Å². The Hall–Kier alpha value is -5.36. The standard InChI is InChI=1S/C46H46BN5/c1-43(2)37-23-21-33(27-39(37)51-41(45(43,5)6)35(29-48-51)31-17-11-9-12-18-31)47-25-15-16-26-50(47)34-22-24-38-40(28-34)52-42(46(7,8)44(38,3)4)36(30-49-52)32-19-13-10-14-20-32/h9-30H,1-8H3. The average molecular weight is 680 g/mol. The molecule has 52 heavy (non-hydrogen) atoms. The van der Waals surface area contributed by atoms with Gasteiger partial charge in [-0.05, 0) is 58.2 Å². The van der Waals surface area contributed by atoms with Gasteiger partial charge in [0, 0.05) is 38.5 Å². The summed E-state index contributed by atoms with van der Waals surface area (Å²) in [6.07, 6.45) is 10.6. The first-order valence-corrected chi connectivity index (χ1v) is 18.5. The topological polar surface area (TPSA) is 38.9 Å². The molecule has 3 aliphatic rings. The van der Waals surface area contributed by atoms with Gasteiger partial charge in [-0.3, -0.25) is 0 Å². The number of allylic oxidation sites excluding steroid dienone is 2. The molecule has 9 rings (SSSR count). The largest absolute Gasteiger partial charge is 0.383 e. The lowest BCUT2D eigenvalue weighted by Crippen LogP contribution is -2.49. The van der Waals surface area contributed by atoms with Crippen LogP contribution in [0.15, 0.2) is 134 Å². The highest BCUT2D eigenvalue weighted by molar-refractivity contribution is 6.81. The van der Waals surface area contributed by atoms with Crippen LogP contribution in [0.25, 0.3) is 33.6 Å². The Balaban J connectivity index is 1.16. The van der Waals surface area contributed by atoms with E-state index >= 15 is 0 Å². The molecule has 0 atom stereocenters. The van der Waals surface area contributed by atoms with Crippen LogP contribution in [-0.4, -0.2) is 26.4 Å². The molecule has 6 heteroatoms. The first-order chi connectivity index (χ1) is 24.8. The van der Waals surface area contributed by atoms with Gasteiger partial charge < -0.3 is 4.81 Å². The lowest BCUT2D eigenvalue weighted by molar-refractivity contribution is 0.276. The maximum absolute atomic E-state index is 5.08. The number of benzene rings is 4. The molecule has 0 unspecified atom stereocenters. The predicted molar refractivity (Wildman–Crippen MR) is 216 cm³/mol. The highest BCUT2D eigenvalue weighted by Gasteiger charge is 2.50. The summed E-state index contributed by atoms with van der Waals surface area (Å²) in [5.74, 6) is 2.30. The van der Waals surface area contributed by atoms with Crippen molar-refractivity contribution in [3.63, 3.8) is 0 Å². The molecule has 4 aromatic carbocycles. The van der Waals surface area contributed by atoms with Crippen molar-refractivity contribution in [2.24, 2.45) is 0 Å². The fourth-order valence-electron chi connectivity index (χ4n) is 9.02. The monoisotopic (exact) mass is 679 g/mol. The van der Waals surface area contributed by atoms with E-state index in [1.807, 2.05) is 0 Å². The summed E-state index contributed by atoms with van der Waals surface area (Å²) in [4.78, 5) is 2.40. The fourth-order valence-corrected chi connectivity index (χ4v) is 9.02. The summed E-state index contributed by atoms with van der Waals surface area (Å²) < 4.78 is 4.42. The average Bonchev–Trinajstić information content (AvgIpc) is 3.81. The molecular weight excluding hydrogens is 633 g/mol. The number of anilines is 1. The van der Waals surface area contributed by atoms with Gasteiger partial charge in [0.15, 0.2) is 0 Å². The van der Waals surface area contributed by atoms with Crippen LogP contribution in [0.4, 0.5) is 5.69 Å². The summed E-state index contributed by atoms with van der Waals surface area (Å²) in [5, 5.41) is 10.2. The molecule has 0 N–H and O–H groups in total. The quantitative estimate of drug-likeness (QED) is 0.174. The summed E-state index contributed by atoms with van der Waals surface area (Å²) >= 11 is 0. The molecule has 6 aromatic rings. The van der Waals surface area contributed by atoms with Crippen molar-refractivity contribution in [3.05, 3.63) is 156 Å². The second-order valence-electron chi connectivity index (χ2n) is 16.9. The van der Waals surface area contributed by atoms with Gasteiger partial charge in [-0.1, -0.05) is 146 Å². The maximum Gasteiger partial charge on any atom is 0.320 e. The summed E-state index contributed by atoms with van der Waals surface area (Å²) in [6, 6.07) is 35.4. The van der Waals surface area contributed by atoms with E-state index in [-0.39, 0.29) is 28.5 Å². The molecule has 258 valence electrons. The molecule has 5 nitrogen and oxygen atoms in total. The Bertz CT molecular complexity index is 2250. The van der Waals surface area contributed by atoms with Crippen molar-refractivity contribution >= 4 is 18.0 Å². The minimum atomic E-state index is -0.156. The number of hydrogen-bond donors (Lipinski definition) is 0. The first kappa shape index (κ1) is 32.5. The van der Waals surface area contributed by atoms with E-state index in [1.165, 1.54) is 50.2 Å². The van der Waals surface area contributed by atoms with E-state index in [0.717, 1.165) is 17.1 Å². The third-order valence-electron chi connectivity index (χ3n) is 13.4. The SMILES string of the molecule is CC1(C)c2ccc(B3C=CC=CN3c3ccc4c(c3)-n3ncc(-c5ccccc5)c3C(C)(C)C4(C)C)cc2-n2ncc(-c3ccccc3)c2C1(C)C. The molecule has 0 saturated carbocycles. The van der Waals surface area contributed by atoms with E-state index in [2.05, 4.69) is 203 Å². The van der Waals surface area contributed by atoms with Gasteiger partial charge >= 0.3 is 6.85 Å². The highest BCUT2D eigenvalue weighted by Crippen LogP contribution is 2.54. The third-order valence-corrected chi connectivity index (χ3v) is 13.4. The molecule has 2 aromatic heterocycles. The van der Waals surface area contributed by atoms with E-state index < -0.39 is 0 Å². The lowest BCUT2D eigenvalue weighted by Gasteiger charge is -2.48. The summed E-state index contributed by atoms with van der Waals surface area (Å²) in [6.45, 7) is 19.0. The van der Waals surface area contributed by atoms with Gasteiger partial charge in [0.05, 0.1) is 35.2 Å². The molecule has 0 radical (unpaired) electrons. The number of fused-ring (bicyclic) bond motifs is 6. The Morgan fingerprint density at radius 2 is 1.02 bits per heavy atom. The normalized spacial score (nSPS) is 18.4. The van der Waals surface area contributed by atoms with Crippen LogP contribution in [0.1, 0.15) is 77.9 Å². The van der Waals surface area contributed by atoms with Crippen LogP contribution >= 0.6 is 0 Å². The summed E-state index contributed by atoms with van der Waals surface area (Å²) in [7, 11) is 0. The Morgan fingerprint density at radius 3 is 1.56 bits per heavy atom. The predicted octanol–water partition coefficient (Wildman–Crippen LogP) is 9.86. The van der Waals surface area contributed by atoms with E-state index in [9.17, 15) is 0 Å². The van der Waals surface area contributed by atoms with Gasteiger partial charge in [-0.2, -0.15) is 10.2 Å². The number of aromatic nitrogens is 4. The zero-order valence-electron chi connectivity index (χ0n) is 31.5. The zero-order chi connectivity index (χ0) is 36.2. The number of hydrogen-bond acceptors (Lipinski definition) is 3. The Morgan fingerprint density at radius 1 is 0.519 bits per heavy atom. The van der Waals surface area contributed by atoms with Crippen molar-refractivity contribution in [1.82, 2.24) is 19.6 Å². The zero-order valence-corrected chi connectivity index (χ0v) is 31.5.